The summed E-state index contributed by atoms with van der Waals surface area (Å²) in [7, 11) is 0. The Bertz CT molecular complexity index is 564. The predicted octanol–water partition coefficient (Wildman–Crippen LogP) is 3.20. The van der Waals surface area contributed by atoms with E-state index in [4.69, 9.17) is 5.11 Å². The Morgan fingerprint density at radius 2 is 1.92 bits per heavy atom. The van der Waals surface area contributed by atoms with Gasteiger partial charge in [0.1, 0.15) is 5.75 Å². The monoisotopic (exact) mass is 393 g/mol. The van der Waals surface area contributed by atoms with Crippen molar-refractivity contribution in [1.29, 1.82) is 0 Å². The van der Waals surface area contributed by atoms with Crippen molar-refractivity contribution in [3.8, 4) is 5.75 Å². The first kappa shape index (κ1) is 20.7. The van der Waals surface area contributed by atoms with Crippen LogP contribution >= 0.6 is 11.9 Å². The average molecular weight is 393 g/mol. The second-order valence-corrected chi connectivity index (χ2v) is 6.97. The highest BCUT2D eigenvalue weighted by molar-refractivity contribution is 7.97. The van der Waals surface area contributed by atoms with E-state index >= 15 is 0 Å². The summed E-state index contributed by atoms with van der Waals surface area (Å²) in [6.45, 7) is 1.89. The maximum Gasteiger partial charge on any atom is 0.573 e. The van der Waals surface area contributed by atoms with Crippen LogP contribution in [0.5, 0.6) is 5.75 Å². The van der Waals surface area contributed by atoms with Gasteiger partial charge in [0, 0.05) is 37.2 Å². The first-order chi connectivity index (χ1) is 12.4. The summed E-state index contributed by atoms with van der Waals surface area (Å²) in [5.74, 6) is 0.540. The molecule has 1 saturated heterocycles. The largest absolute Gasteiger partial charge is 0.573 e. The van der Waals surface area contributed by atoms with E-state index in [1.165, 1.54) is 12.1 Å². The summed E-state index contributed by atoms with van der Waals surface area (Å²) < 4.78 is 42.3. The number of piperidine rings is 1. The van der Waals surface area contributed by atoms with E-state index in [0.29, 0.717) is 5.69 Å². The summed E-state index contributed by atoms with van der Waals surface area (Å²) in [6, 6.07) is 4.65. The molecule has 1 aromatic rings. The maximum absolute atomic E-state index is 12.1. The Hall–Kier alpha value is -1.65. The molecule has 0 aliphatic carbocycles. The van der Waals surface area contributed by atoms with E-state index in [0.717, 1.165) is 50.2 Å². The summed E-state index contributed by atoms with van der Waals surface area (Å²) in [6.07, 6.45) is -2.34. The number of aliphatic hydroxyl groups is 1. The number of nitrogens with zero attached hydrogens (tertiary/aromatic N) is 1. The van der Waals surface area contributed by atoms with E-state index < -0.39 is 6.36 Å². The molecule has 2 amide bonds. The number of hydrogen-bond acceptors (Lipinski definition) is 5. The predicted molar refractivity (Wildman–Crippen MR) is 94.0 cm³/mol. The number of aliphatic hydroxyl groups excluding tert-OH is 1. The molecule has 1 aromatic carbocycles. The lowest BCUT2D eigenvalue weighted by atomic mass is 10.1. The number of carbonyl (C=O) groups is 1. The quantitative estimate of drug-likeness (QED) is 0.490. The van der Waals surface area contributed by atoms with Gasteiger partial charge in [0.15, 0.2) is 0 Å². The molecule has 1 aliphatic heterocycles. The maximum atomic E-state index is 12.1. The molecule has 0 bridgehead atoms. The van der Waals surface area contributed by atoms with Gasteiger partial charge in [-0.2, -0.15) is 0 Å². The van der Waals surface area contributed by atoms with E-state index in [1.54, 1.807) is 11.9 Å². The number of benzene rings is 1. The number of ether oxygens (including phenoxy) is 1. The van der Waals surface area contributed by atoms with E-state index in [1.807, 2.05) is 0 Å². The second-order valence-electron chi connectivity index (χ2n) is 5.78. The molecule has 1 aliphatic rings. The third-order valence-electron chi connectivity index (χ3n) is 3.71. The van der Waals surface area contributed by atoms with E-state index in [-0.39, 0.29) is 24.4 Å². The van der Waals surface area contributed by atoms with Crippen LogP contribution in [0.25, 0.3) is 0 Å². The number of nitrogens with one attached hydrogen (secondary N) is 2. The van der Waals surface area contributed by atoms with Crippen molar-refractivity contribution in [3.63, 3.8) is 0 Å². The van der Waals surface area contributed by atoms with E-state index in [9.17, 15) is 18.0 Å². The molecule has 2 rings (SSSR count). The topological polar surface area (TPSA) is 73.8 Å². The zero-order chi connectivity index (χ0) is 19.0. The number of anilines is 1. The summed E-state index contributed by atoms with van der Waals surface area (Å²) in [4.78, 5) is 12.0. The van der Waals surface area contributed by atoms with Crippen molar-refractivity contribution >= 4 is 23.7 Å². The molecule has 0 unspecified atom stereocenters. The van der Waals surface area contributed by atoms with Gasteiger partial charge in [0.2, 0.25) is 0 Å². The number of halogens is 3. The standard InChI is InChI=1S/C16H22F3N3O3S/c17-16(18,19)25-14-4-2-12(3-5-14)20-15(24)21-13-6-8-22(9-7-13)26-11-1-10-23/h2-5,13,23H,1,6-11H2,(H2,20,21,24). The van der Waals surface area contributed by atoms with E-state index in [2.05, 4.69) is 19.7 Å². The Kier molecular flexibility index (Phi) is 7.85. The smallest absolute Gasteiger partial charge is 0.406 e. The van der Waals surface area contributed by atoms with Gasteiger partial charge in [-0.3, -0.25) is 4.31 Å². The van der Waals surface area contributed by atoms with Gasteiger partial charge < -0.3 is 20.5 Å². The number of alkyl halides is 3. The van der Waals surface area contributed by atoms with Crippen molar-refractivity contribution in [2.24, 2.45) is 0 Å². The van der Waals surface area contributed by atoms with Crippen molar-refractivity contribution in [3.05, 3.63) is 24.3 Å². The lowest BCUT2D eigenvalue weighted by Gasteiger charge is -2.31. The molecule has 146 valence electrons. The number of hydrogen-bond donors (Lipinski definition) is 3. The van der Waals surface area contributed by atoms with Crippen molar-refractivity contribution in [1.82, 2.24) is 9.62 Å². The first-order valence-corrected chi connectivity index (χ1v) is 9.22. The minimum absolute atomic E-state index is 0.0533. The number of urea groups is 1. The van der Waals surface area contributed by atoms with Crippen LogP contribution in [-0.2, 0) is 0 Å². The molecule has 26 heavy (non-hydrogen) atoms. The summed E-state index contributed by atoms with van der Waals surface area (Å²) >= 11 is 1.70. The SMILES string of the molecule is O=C(Nc1ccc(OC(F)(F)F)cc1)NC1CCN(SCCCO)CC1. The highest BCUT2D eigenvalue weighted by atomic mass is 32.2. The number of amides is 2. The molecule has 0 aromatic heterocycles. The molecule has 0 radical (unpaired) electrons. The van der Waals surface area contributed by atoms with Crippen molar-refractivity contribution < 1.29 is 27.8 Å². The van der Waals surface area contributed by atoms with Crippen molar-refractivity contribution in [2.45, 2.75) is 31.7 Å². The Labute approximate surface area is 154 Å². The van der Waals surface area contributed by atoms with Gasteiger partial charge >= 0.3 is 12.4 Å². The third-order valence-corrected chi connectivity index (χ3v) is 4.91. The van der Waals surface area contributed by atoms with Crippen LogP contribution in [0, 0.1) is 0 Å². The van der Waals surface area contributed by atoms with Crippen LogP contribution in [0.1, 0.15) is 19.3 Å². The third kappa shape index (κ3) is 7.71. The fourth-order valence-electron chi connectivity index (χ4n) is 2.48. The molecule has 6 nitrogen and oxygen atoms in total. The Balaban J connectivity index is 1.70. The molecule has 3 N–H and O–H groups in total. The van der Waals surface area contributed by atoms with Gasteiger partial charge in [0.25, 0.3) is 0 Å². The fourth-order valence-corrected chi connectivity index (χ4v) is 3.47. The van der Waals surface area contributed by atoms with Crippen LogP contribution in [-0.4, -0.2) is 53.3 Å². The molecule has 0 saturated carbocycles. The van der Waals surface area contributed by atoms with Crippen molar-refractivity contribution in [2.75, 3.05) is 30.8 Å². The number of rotatable bonds is 7. The highest BCUT2D eigenvalue weighted by Crippen LogP contribution is 2.24. The number of carbonyl (C=O) groups excluding carboxylic acids is 1. The Morgan fingerprint density at radius 3 is 2.50 bits per heavy atom. The normalized spacial score (nSPS) is 16.3. The highest BCUT2D eigenvalue weighted by Gasteiger charge is 2.31. The van der Waals surface area contributed by atoms with Crippen LogP contribution in [0.3, 0.4) is 0 Å². The molecule has 10 heteroatoms. The lowest BCUT2D eigenvalue weighted by Crippen LogP contribution is -2.44. The molecular formula is C16H22F3N3O3S. The molecule has 1 heterocycles. The zero-order valence-corrected chi connectivity index (χ0v) is 14.9. The minimum atomic E-state index is -4.74. The Morgan fingerprint density at radius 1 is 1.27 bits per heavy atom. The fraction of sp³-hybridized carbons (Fsp3) is 0.562. The minimum Gasteiger partial charge on any atom is -0.406 e. The second kappa shape index (κ2) is 9.89. The molecule has 0 atom stereocenters. The molecular weight excluding hydrogens is 371 g/mol. The summed E-state index contributed by atoms with van der Waals surface area (Å²) in [5, 5.41) is 14.2. The van der Waals surface area contributed by atoms with Gasteiger partial charge in [-0.1, -0.05) is 11.9 Å². The lowest BCUT2D eigenvalue weighted by molar-refractivity contribution is -0.274. The van der Waals surface area contributed by atoms with Gasteiger partial charge in [-0.15, -0.1) is 13.2 Å². The van der Waals surface area contributed by atoms with Crippen LogP contribution in [0.2, 0.25) is 0 Å². The van der Waals surface area contributed by atoms with Crippen LogP contribution in [0.15, 0.2) is 24.3 Å². The summed E-state index contributed by atoms with van der Waals surface area (Å²) in [5.41, 5.74) is 0.383. The average Bonchev–Trinajstić information content (AvgIpc) is 2.57. The first-order valence-electron chi connectivity index (χ1n) is 8.28. The van der Waals surface area contributed by atoms with Gasteiger partial charge in [-0.25, -0.2) is 4.79 Å². The van der Waals surface area contributed by atoms with Gasteiger partial charge in [0.05, 0.1) is 0 Å². The van der Waals surface area contributed by atoms with Crippen LogP contribution in [0.4, 0.5) is 23.7 Å². The molecule has 1 fully saturated rings. The van der Waals surface area contributed by atoms with Crippen LogP contribution < -0.4 is 15.4 Å². The molecule has 0 spiro atoms. The zero-order valence-electron chi connectivity index (χ0n) is 14.1. The van der Waals surface area contributed by atoms with Gasteiger partial charge in [-0.05, 0) is 43.5 Å².